The Bertz CT molecular complexity index is 736. The summed E-state index contributed by atoms with van der Waals surface area (Å²) in [7, 11) is 0. The van der Waals surface area contributed by atoms with Gasteiger partial charge in [-0.15, -0.1) is 0 Å². The summed E-state index contributed by atoms with van der Waals surface area (Å²) >= 11 is 0. The molecule has 2 aliphatic rings. The summed E-state index contributed by atoms with van der Waals surface area (Å²) in [6, 6.07) is 5.96. The highest BCUT2D eigenvalue weighted by molar-refractivity contribution is 5.50. The molecule has 2 aromatic heterocycles. The van der Waals surface area contributed by atoms with E-state index in [1.54, 1.807) is 0 Å². The van der Waals surface area contributed by atoms with E-state index in [0.29, 0.717) is 6.61 Å². The van der Waals surface area contributed by atoms with Crippen LogP contribution in [0.25, 0.3) is 0 Å². The molecule has 0 amide bonds. The second kappa shape index (κ2) is 8.10. The van der Waals surface area contributed by atoms with Gasteiger partial charge in [-0.25, -0.2) is 9.97 Å². The number of hydrogen-bond acceptors (Lipinski definition) is 6. The van der Waals surface area contributed by atoms with E-state index in [-0.39, 0.29) is 6.10 Å². The first kappa shape index (κ1) is 17.4. The second-order valence-corrected chi connectivity index (χ2v) is 7.11. The van der Waals surface area contributed by atoms with E-state index >= 15 is 0 Å². The largest absolute Gasteiger partial charge is 0.370 e. The third-order valence-electron chi connectivity index (χ3n) is 5.14. The first-order valence-corrected chi connectivity index (χ1v) is 9.63. The van der Waals surface area contributed by atoms with E-state index in [4.69, 9.17) is 14.7 Å². The summed E-state index contributed by atoms with van der Waals surface area (Å²) in [4.78, 5) is 16.3. The Balaban J connectivity index is 1.48. The molecule has 0 radical (unpaired) electrons. The molecule has 4 rings (SSSR count). The fraction of sp³-hybridized carbons (Fsp3) is 0.550. The highest BCUT2D eigenvalue weighted by atomic mass is 16.5. The van der Waals surface area contributed by atoms with Gasteiger partial charge in [-0.05, 0) is 44.9 Å². The van der Waals surface area contributed by atoms with E-state index in [1.807, 2.05) is 31.3 Å². The molecule has 1 atom stereocenters. The highest BCUT2D eigenvalue weighted by Gasteiger charge is 2.26. The number of hydrogen-bond donors (Lipinski definition) is 1. The van der Waals surface area contributed by atoms with Gasteiger partial charge in [-0.1, -0.05) is 6.07 Å². The zero-order chi connectivity index (χ0) is 17.8. The summed E-state index contributed by atoms with van der Waals surface area (Å²) < 4.78 is 6.16. The van der Waals surface area contributed by atoms with Crippen molar-refractivity contribution in [3.8, 4) is 0 Å². The lowest BCUT2D eigenvalue weighted by atomic mass is 10.0. The van der Waals surface area contributed by atoms with Gasteiger partial charge in [0.1, 0.15) is 11.6 Å². The van der Waals surface area contributed by atoms with E-state index in [1.165, 1.54) is 11.3 Å². The molecule has 138 valence electrons. The molecular weight excluding hydrogens is 326 g/mol. The molecule has 2 aliphatic heterocycles. The number of anilines is 1. The van der Waals surface area contributed by atoms with Crippen LogP contribution in [0.15, 0.2) is 24.4 Å². The molecule has 0 aliphatic carbocycles. The molecule has 1 unspecified atom stereocenters. The van der Waals surface area contributed by atoms with Gasteiger partial charge in [-0.3, -0.25) is 4.98 Å². The lowest BCUT2D eigenvalue weighted by molar-refractivity contribution is 0.0296. The maximum absolute atomic E-state index is 6.16. The molecular formula is C20H27N5O. The zero-order valence-electron chi connectivity index (χ0n) is 15.4. The average molecular weight is 353 g/mol. The van der Waals surface area contributed by atoms with E-state index in [9.17, 15) is 0 Å². The van der Waals surface area contributed by atoms with Gasteiger partial charge in [0, 0.05) is 37.8 Å². The number of aromatic nitrogens is 3. The van der Waals surface area contributed by atoms with Crippen molar-refractivity contribution in [1.82, 2.24) is 20.3 Å². The zero-order valence-corrected chi connectivity index (χ0v) is 15.4. The molecule has 0 aromatic carbocycles. The number of nitrogens with one attached hydrogen (secondary N) is 1. The van der Waals surface area contributed by atoms with Crippen molar-refractivity contribution in [2.75, 3.05) is 31.1 Å². The van der Waals surface area contributed by atoms with Gasteiger partial charge >= 0.3 is 0 Å². The second-order valence-electron chi connectivity index (χ2n) is 7.11. The Morgan fingerprint density at radius 1 is 1.23 bits per heavy atom. The summed E-state index contributed by atoms with van der Waals surface area (Å²) in [6.45, 7) is 6.51. The van der Waals surface area contributed by atoms with Crippen LogP contribution >= 0.6 is 0 Å². The maximum Gasteiger partial charge on any atom is 0.135 e. The van der Waals surface area contributed by atoms with Crippen molar-refractivity contribution < 1.29 is 4.74 Å². The van der Waals surface area contributed by atoms with Crippen LogP contribution in [-0.4, -0.2) is 47.2 Å². The molecule has 26 heavy (non-hydrogen) atoms. The van der Waals surface area contributed by atoms with Crippen LogP contribution in [0.5, 0.6) is 0 Å². The van der Waals surface area contributed by atoms with Gasteiger partial charge in [0.15, 0.2) is 0 Å². The van der Waals surface area contributed by atoms with E-state index in [2.05, 4.69) is 15.2 Å². The van der Waals surface area contributed by atoms with Crippen LogP contribution in [0.3, 0.4) is 0 Å². The minimum atomic E-state index is 0.223. The third-order valence-corrected chi connectivity index (χ3v) is 5.14. The predicted octanol–water partition coefficient (Wildman–Crippen LogP) is 2.05. The van der Waals surface area contributed by atoms with Crippen molar-refractivity contribution in [1.29, 1.82) is 0 Å². The first-order chi connectivity index (χ1) is 12.8. The fourth-order valence-corrected chi connectivity index (χ4v) is 3.86. The number of piperidine rings is 1. The van der Waals surface area contributed by atoms with Crippen LogP contribution in [0.1, 0.15) is 35.6 Å². The molecule has 0 spiro atoms. The van der Waals surface area contributed by atoms with E-state index < -0.39 is 0 Å². The Morgan fingerprint density at radius 3 is 3.04 bits per heavy atom. The van der Waals surface area contributed by atoms with Gasteiger partial charge in [0.2, 0.25) is 0 Å². The highest BCUT2D eigenvalue weighted by Crippen LogP contribution is 2.27. The predicted molar refractivity (Wildman–Crippen MR) is 101 cm³/mol. The molecule has 0 saturated carbocycles. The van der Waals surface area contributed by atoms with Gasteiger partial charge in [0.05, 0.1) is 24.1 Å². The lowest BCUT2D eigenvalue weighted by Crippen LogP contribution is -2.41. The van der Waals surface area contributed by atoms with Crippen molar-refractivity contribution in [2.24, 2.45) is 0 Å². The molecule has 4 heterocycles. The normalized spacial score (nSPS) is 20.5. The van der Waals surface area contributed by atoms with Crippen molar-refractivity contribution >= 4 is 5.82 Å². The quantitative estimate of drug-likeness (QED) is 0.908. The maximum atomic E-state index is 6.16. The van der Waals surface area contributed by atoms with Crippen LogP contribution in [-0.2, 0) is 24.2 Å². The Kier molecular flexibility index (Phi) is 5.41. The molecule has 6 nitrogen and oxygen atoms in total. The fourth-order valence-electron chi connectivity index (χ4n) is 3.86. The Hall–Kier alpha value is -2.05. The topological polar surface area (TPSA) is 63.2 Å². The summed E-state index contributed by atoms with van der Waals surface area (Å²) in [5.41, 5.74) is 3.53. The monoisotopic (exact) mass is 353 g/mol. The number of pyridine rings is 1. The van der Waals surface area contributed by atoms with Crippen LogP contribution in [0, 0.1) is 6.92 Å². The Morgan fingerprint density at radius 2 is 2.15 bits per heavy atom. The summed E-state index contributed by atoms with van der Waals surface area (Å²) in [6.07, 6.45) is 6.25. The molecule has 1 N–H and O–H groups in total. The van der Waals surface area contributed by atoms with Crippen LogP contribution < -0.4 is 10.2 Å². The molecule has 0 bridgehead atoms. The molecule has 1 saturated heterocycles. The number of aryl methyl sites for hydroxylation is 1. The minimum absolute atomic E-state index is 0.223. The molecule has 6 heteroatoms. The molecule has 1 fully saturated rings. The molecule has 2 aromatic rings. The Labute approximate surface area is 155 Å². The van der Waals surface area contributed by atoms with Crippen molar-refractivity contribution in [3.63, 3.8) is 0 Å². The number of fused-ring (bicyclic) bond motifs is 1. The first-order valence-electron chi connectivity index (χ1n) is 9.63. The average Bonchev–Trinajstić information content (AvgIpc) is 2.92. The lowest BCUT2D eigenvalue weighted by Gasteiger charge is -2.35. The van der Waals surface area contributed by atoms with E-state index in [0.717, 1.165) is 69.2 Å². The summed E-state index contributed by atoms with van der Waals surface area (Å²) in [5, 5.41) is 3.47. The van der Waals surface area contributed by atoms with Crippen molar-refractivity contribution in [3.05, 3.63) is 47.2 Å². The number of nitrogens with zero attached hydrogens (tertiary/aromatic N) is 4. The van der Waals surface area contributed by atoms with Crippen LogP contribution in [0.4, 0.5) is 5.82 Å². The SMILES string of the molecule is Cc1nc2c(c(N3CCCC(OCc4ccccn4)C3)n1)CCNCC2. The van der Waals surface area contributed by atoms with Gasteiger partial charge < -0.3 is 15.0 Å². The van der Waals surface area contributed by atoms with Crippen LogP contribution in [0.2, 0.25) is 0 Å². The number of rotatable bonds is 4. The van der Waals surface area contributed by atoms with Gasteiger partial charge in [0.25, 0.3) is 0 Å². The van der Waals surface area contributed by atoms with Gasteiger partial charge in [-0.2, -0.15) is 0 Å². The number of ether oxygens (including phenoxy) is 1. The minimum Gasteiger partial charge on any atom is -0.370 e. The standard InChI is InChI=1S/C20H27N5O/c1-15-23-19-8-11-21-10-7-18(19)20(24-15)25-12-4-6-17(13-25)26-14-16-5-2-3-9-22-16/h2-3,5,9,17,21H,4,6-8,10-14H2,1H3. The van der Waals surface area contributed by atoms with Crippen molar-refractivity contribution in [2.45, 2.75) is 45.3 Å². The third kappa shape index (κ3) is 4.02. The summed E-state index contributed by atoms with van der Waals surface area (Å²) in [5.74, 6) is 2.00. The smallest absolute Gasteiger partial charge is 0.135 e.